The molecule has 0 unspecified atom stereocenters. The second-order valence-electron chi connectivity index (χ2n) is 5.09. The van der Waals surface area contributed by atoms with Crippen molar-refractivity contribution in [3.8, 4) is 0 Å². The van der Waals surface area contributed by atoms with E-state index in [0.29, 0.717) is 10.6 Å². The summed E-state index contributed by atoms with van der Waals surface area (Å²) in [6, 6.07) is 7.39. The van der Waals surface area contributed by atoms with Gasteiger partial charge in [0.25, 0.3) is 0 Å². The maximum atomic E-state index is 12.9. The summed E-state index contributed by atoms with van der Waals surface area (Å²) in [7, 11) is 0. The molecule has 0 amide bonds. The van der Waals surface area contributed by atoms with E-state index in [2.05, 4.69) is 22.0 Å². The average molecular weight is 352 g/mol. The van der Waals surface area contributed by atoms with Gasteiger partial charge in [-0.3, -0.25) is 4.79 Å². The minimum atomic E-state index is 0.0374. The van der Waals surface area contributed by atoms with E-state index < -0.39 is 0 Å². The Hall–Kier alpha value is -1.12. The van der Waals surface area contributed by atoms with Crippen LogP contribution in [0.5, 0.6) is 0 Å². The van der Waals surface area contributed by atoms with Crippen LogP contribution in [0.3, 0.4) is 0 Å². The molecule has 0 heterocycles. The Balaban J connectivity index is 2.65. The fourth-order valence-electron chi connectivity index (χ4n) is 2.37. The molecule has 0 aliphatic rings. The lowest BCUT2D eigenvalue weighted by molar-refractivity contribution is 0.103. The second kappa shape index (κ2) is 5.71. The molecule has 0 saturated heterocycles. The van der Waals surface area contributed by atoms with Crippen molar-refractivity contribution in [2.75, 3.05) is 0 Å². The van der Waals surface area contributed by atoms with Crippen LogP contribution in [0, 0.1) is 27.7 Å². The minimum absolute atomic E-state index is 0.0374. The first kappa shape index (κ1) is 15.3. The summed E-state index contributed by atoms with van der Waals surface area (Å²) in [5.74, 6) is 0.0374. The molecule has 2 aromatic rings. The number of aryl methyl sites for hydroxylation is 2. The van der Waals surface area contributed by atoms with E-state index in [0.717, 1.165) is 32.3 Å². The first-order chi connectivity index (χ1) is 9.32. The lowest BCUT2D eigenvalue weighted by Gasteiger charge is -2.15. The number of benzene rings is 2. The SMILES string of the molecule is Cc1cc(C)c(C)c(C(=O)c2ccc(Cl)cc2Br)c1C. The number of carbonyl (C=O) groups excluding carboxylic acids is 1. The molecule has 2 rings (SSSR count). The molecule has 20 heavy (non-hydrogen) atoms. The van der Waals surface area contributed by atoms with Crippen molar-refractivity contribution in [2.45, 2.75) is 27.7 Å². The summed E-state index contributed by atoms with van der Waals surface area (Å²) >= 11 is 9.37. The van der Waals surface area contributed by atoms with Crippen molar-refractivity contribution in [1.82, 2.24) is 0 Å². The van der Waals surface area contributed by atoms with Crippen LogP contribution in [-0.2, 0) is 0 Å². The molecule has 0 aliphatic heterocycles. The van der Waals surface area contributed by atoms with E-state index in [1.165, 1.54) is 0 Å². The molecule has 1 nitrogen and oxygen atoms in total. The van der Waals surface area contributed by atoms with Gasteiger partial charge < -0.3 is 0 Å². The zero-order chi connectivity index (χ0) is 15.0. The van der Waals surface area contributed by atoms with Crippen LogP contribution in [0.15, 0.2) is 28.7 Å². The number of hydrogen-bond acceptors (Lipinski definition) is 1. The summed E-state index contributed by atoms with van der Waals surface area (Å²) < 4.78 is 0.730. The highest BCUT2D eigenvalue weighted by Crippen LogP contribution is 2.28. The van der Waals surface area contributed by atoms with E-state index in [1.807, 2.05) is 27.7 Å². The predicted octanol–water partition coefficient (Wildman–Crippen LogP) is 5.57. The first-order valence-electron chi connectivity index (χ1n) is 6.40. The summed E-state index contributed by atoms with van der Waals surface area (Å²) in [5, 5.41) is 0.613. The molecule has 2 aromatic carbocycles. The van der Waals surface area contributed by atoms with Gasteiger partial charge in [0, 0.05) is 20.6 Å². The zero-order valence-corrected chi connectivity index (χ0v) is 14.3. The first-order valence-corrected chi connectivity index (χ1v) is 7.57. The molecule has 3 heteroatoms. The number of hydrogen-bond donors (Lipinski definition) is 0. The molecular weight excluding hydrogens is 336 g/mol. The van der Waals surface area contributed by atoms with Gasteiger partial charge in [0.2, 0.25) is 0 Å². The van der Waals surface area contributed by atoms with Gasteiger partial charge in [0.1, 0.15) is 0 Å². The Morgan fingerprint density at radius 1 is 1.00 bits per heavy atom. The van der Waals surface area contributed by atoms with Crippen LogP contribution in [0.2, 0.25) is 5.02 Å². The van der Waals surface area contributed by atoms with Crippen LogP contribution in [-0.4, -0.2) is 5.78 Å². The molecule has 0 radical (unpaired) electrons. The van der Waals surface area contributed by atoms with Crippen molar-refractivity contribution in [3.05, 3.63) is 67.1 Å². The van der Waals surface area contributed by atoms with Crippen LogP contribution in [0.25, 0.3) is 0 Å². The summed E-state index contributed by atoms with van der Waals surface area (Å²) in [5.41, 5.74) is 5.80. The summed E-state index contributed by atoms with van der Waals surface area (Å²) in [6.45, 7) is 8.07. The summed E-state index contributed by atoms with van der Waals surface area (Å²) in [4.78, 5) is 12.9. The molecule has 0 aromatic heterocycles. The molecule has 0 aliphatic carbocycles. The molecule has 0 spiro atoms. The molecule has 104 valence electrons. The number of halogens is 2. The third-order valence-electron chi connectivity index (χ3n) is 3.77. The highest BCUT2D eigenvalue weighted by Gasteiger charge is 2.19. The standard InChI is InChI=1S/C17H16BrClO/c1-9-7-10(2)12(4)16(11(9)3)17(20)14-6-5-13(19)8-15(14)18/h5-8H,1-4H3. The van der Waals surface area contributed by atoms with Crippen LogP contribution < -0.4 is 0 Å². The van der Waals surface area contributed by atoms with Gasteiger partial charge in [-0.25, -0.2) is 0 Å². The quantitative estimate of drug-likeness (QED) is 0.647. The average Bonchev–Trinajstić information content (AvgIpc) is 2.36. The molecule has 0 bridgehead atoms. The van der Waals surface area contributed by atoms with Crippen molar-refractivity contribution in [1.29, 1.82) is 0 Å². The topological polar surface area (TPSA) is 17.1 Å². The Bertz CT molecular complexity index is 678. The Morgan fingerprint density at radius 3 is 2.05 bits per heavy atom. The van der Waals surface area contributed by atoms with E-state index in [-0.39, 0.29) is 5.78 Å². The molecule has 0 fully saturated rings. The van der Waals surface area contributed by atoms with Crippen LogP contribution in [0.1, 0.15) is 38.2 Å². The van der Waals surface area contributed by atoms with Gasteiger partial charge in [0.05, 0.1) is 0 Å². The Morgan fingerprint density at radius 2 is 1.55 bits per heavy atom. The summed E-state index contributed by atoms with van der Waals surface area (Å²) in [6.07, 6.45) is 0. The molecular formula is C17H16BrClO. The third kappa shape index (κ3) is 2.68. The van der Waals surface area contributed by atoms with Crippen molar-refractivity contribution in [3.63, 3.8) is 0 Å². The highest BCUT2D eigenvalue weighted by molar-refractivity contribution is 9.10. The predicted molar refractivity (Wildman–Crippen MR) is 88.0 cm³/mol. The smallest absolute Gasteiger partial charge is 0.194 e. The maximum Gasteiger partial charge on any atom is 0.194 e. The fraction of sp³-hybridized carbons (Fsp3) is 0.235. The van der Waals surface area contributed by atoms with Gasteiger partial charge in [-0.05, 0) is 84.1 Å². The Kier molecular flexibility index (Phi) is 4.36. The van der Waals surface area contributed by atoms with E-state index in [4.69, 9.17) is 11.6 Å². The molecule has 0 atom stereocenters. The largest absolute Gasteiger partial charge is 0.289 e. The highest BCUT2D eigenvalue weighted by atomic mass is 79.9. The van der Waals surface area contributed by atoms with Crippen LogP contribution in [0.4, 0.5) is 0 Å². The third-order valence-corrected chi connectivity index (χ3v) is 4.66. The van der Waals surface area contributed by atoms with Gasteiger partial charge in [0.15, 0.2) is 5.78 Å². The van der Waals surface area contributed by atoms with Gasteiger partial charge >= 0.3 is 0 Å². The van der Waals surface area contributed by atoms with Gasteiger partial charge in [-0.1, -0.05) is 17.7 Å². The lowest BCUT2D eigenvalue weighted by Crippen LogP contribution is -2.09. The van der Waals surface area contributed by atoms with E-state index in [9.17, 15) is 4.79 Å². The monoisotopic (exact) mass is 350 g/mol. The van der Waals surface area contributed by atoms with E-state index >= 15 is 0 Å². The lowest BCUT2D eigenvalue weighted by atomic mass is 9.89. The maximum absolute atomic E-state index is 12.9. The van der Waals surface area contributed by atoms with Gasteiger partial charge in [-0.2, -0.15) is 0 Å². The second-order valence-corrected chi connectivity index (χ2v) is 6.38. The van der Waals surface area contributed by atoms with Gasteiger partial charge in [-0.15, -0.1) is 0 Å². The Labute approximate surface area is 133 Å². The van der Waals surface area contributed by atoms with Crippen molar-refractivity contribution >= 4 is 33.3 Å². The molecule has 0 N–H and O–H groups in total. The van der Waals surface area contributed by atoms with Crippen molar-refractivity contribution in [2.24, 2.45) is 0 Å². The molecule has 0 saturated carbocycles. The number of rotatable bonds is 2. The fourth-order valence-corrected chi connectivity index (χ4v) is 3.23. The zero-order valence-electron chi connectivity index (χ0n) is 12.0. The number of ketones is 1. The normalized spacial score (nSPS) is 10.7. The van der Waals surface area contributed by atoms with E-state index in [1.54, 1.807) is 18.2 Å². The minimum Gasteiger partial charge on any atom is -0.289 e. The van der Waals surface area contributed by atoms with Crippen LogP contribution >= 0.6 is 27.5 Å². The van der Waals surface area contributed by atoms with Crippen molar-refractivity contribution < 1.29 is 4.79 Å². The number of carbonyl (C=O) groups is 1.